The molecule has 2 aromatic rings. The fourth-order valence-corrected chi connectivity index (χ4v) is 3.81. The van der Waals surface area contributed by atoms with Crippen molar-refractivity contribution in [3.05, 3.63) is 48.5 Å². The van der Waals surface area contributed by atoms with Gasteiger partial charge in [-0.3, -0.25) is 10.1 Å². The van der Waals surface area contributed by atoms with Crippen LogP contribution in [0.4, 0.5) is 16.2 Å². The van der Waals surface area contributed by atoms with E-state index in [4.69, 9.17) is 0 Å². The number of hydrogen-bond acceptors (Lipinski definition) is 5. The summed E-state index contributed by atoms with van der Waals surface area (Å²) < 4.78 is 0. The second kappa shape index (κ2) is 6.01. The van der Waals surface area contributed by atoms with E-state index >= 15 is 0 Å². The summed E-state index contributed by atoms with van der Waals surface area (Å²) in [5, 5.41) is 7.46. The van der Waals surface area contributed by atoms with Crippen LogP contribution in [0.3, 0.4) is 0 Å². The normalized spacial score (nSPS) is 16.3. The van der Waals surface area contributed by atoms with E-state index in [-0.39, 0.29) is 12.5 Å². The molecule has 4 rings (SSSR count). The van der Waals surface area contributed by atoms with Gasteiger partial charge in [-0.05, 0) is 24.3 Å². The number of anilines is 2. The Morgan fingerprint density at radius 3 is 2.25 bits per heavy atom. The van der Waals surface area contributed by atoms with Crippen LogP contribution in [-0.4, -0.2) is 36.3 Å². The number of nitrogens with zero attached hydrogens (tertiary/aromatic N) is 3. The Kier molecular flexibility index (Phi) is 3.70. The van der Waals surface area contributed by atoms with Crippen molar-refractivity contribution in [3.63, 3.8) is 0 Å². The maximum absolute atomic E-state index is 11.5. The Balaban J connectivity index is 1.61. The van der Waals surface area contributed by atoms with Crippen molar-refractivity contribution in [2.45, 2.75) is 9.79 Å². The van der Waals surface area contributed by atoms with Gasteiger partial charge in [-0.25, -0.2) is 9.80 Å². The minimum atomic E-state index is -0.480. The molecule has 0 radical (unpaired) electrons. The van der Waals surface area contributed by atoms with Crippen LogP contribution >= 0.6 is 11.8 Å². The lowest BCUT2D eigenvalue weighted by atomic mass is 10.2. The molecule has 2 aromatic carbocycles. The molecule has 1 fully saturated rings. The highest BCUT2D eigenvalue weighted by molar-refractivity contribution is 7.99. The van der Waals surface area contributed by atoms with E-state index in [1.165, 1.54) is 9.79 Å². The number of para-hydroxylation sites is 2. The number of urea groups is 1. The zero-order valence-electron chi connectivity index (χ0n) is 12.7. The molecule has 0 bridgehead atoms. The zero-order valence-corrected chi connectivity index (χ0v) is 13.5. The lowest BCUT2D eigenvalue weighted by Crippen LogP contribution is -2.26. The van der Waals surface area contributed by atoms with Gasteiger partial charge in [-0.2, -0.15) is 5.10 Å². The third-order valence-electron chi connectivity index (χ3n) is 3.79. The Morgan fingerprint density at radius 2 is 1.67 bits per heavy atom. The van der Waals surface area contributed by atoms with Gasteiger partial charge < -0.3 is 4.90 Å². The number of amides is 3. The fourth-order valence-electron chi connectivity index (χ4n) is 2.72. The maximum Gasteiger partial charge on any atom is 0.344 e. The highest BCUT2D eigenvalue weighted by atomic mass is 32.2. The van der Waals surface area contributed by atoms with Gasteiger partial charge in [0.1, 0.15) is 6.54 Å². The quantitative estimate of drug-likeness (QED) is 0.690. The predicted molar refractivity (Wildman–Crippen MR) is 92.7 cm³/mol. The molecule has 0 aromatic heterocycles. The molecule has 0 aliphatic carbocycles. The molecule has 120 valence electrons. The summed E-state index contributed by atoms with van der Waals surface area (Å²) in [6, 6.07) is 15.9. The van der Waals surface area contributed by atoms with Crippen molar-refractivity contribution in [3.8, 4) is 0 Å². The van der Waals surface area contributed by atoms with E-state index in [9.17, 15) is 9.59 Å². The van der Waals surface area contributed by atoms with Gasteiger partial charge >= 0.3 is 6.03 Å². The molecule has 1 saturated heterocycles. The molecule has 0 unspecified atom stereocenters. The average Bonchev–Trinajstić information content (AvgIpc) is 2.91. The first-order chi connectivity index (χ1) is 11.7. The first-order valence-corrected chi connectivity index (χ1v) is 8.31. The van der Waals surface area contributed by atoms with Crippen LogP contribution in [0.15, 0.2) is 63.4 Å². The minimum Gasteiger partial charge on any atom is -0.334 e. The monoisotopic (exact) mass is 338 g/mol. The average molecular weight is 338 g/mol. The summed E-state index contributed by atoms with van der Waals surface area (Å²) in [5.74, 6) is -0.331. The molecule has 2 aliphatic rings. The molecule has 2 heterocycles. The summed E-state index contributed by atoms with van der Waals surface area (Å²) in [6.45, 7) is 0.477. The van der Waals surface area contributed by atoms with Gasteiger partial charge in [-0.1, -0.05) is 36.0 Å². The lowest BCUT2D eigenvalue weighted by molar-refractivity contribution is -0.118. The smallest absolute Gasteiger partial charge is 0.334 e. The van der Waals surface area contributed by atoms with Gasteiger partial charge in [0.25, 0.3) is 0 Å². The standard InChI is InChI=1S/C17H14N4O2S/c22-16-11-21(17(23)19-16)18-9-10-20-12-5-1-3-7-14(12)24-15-8-4-2-6-13(15)20/h1-9H,10-11H2,(H,19,22,23)/b18-9+. The van der Waals surface area contributed by atoms with Crippen LogP contribution in [0.1, 0.15) is 0 Å². The third kappa shape index (κ3) is 2.63. The van der Waals surface area contributed by atoms with E-state index in [1.807, 2.05) is 24.3 Å². The number of hydrazone groups is 1. The molecular weight excluding hydrogens is 324 g/mol. The molecule has 0 saturated carbocycles. The van der Waals surface area contributed by atoms with Crippen LogP contribution in [0, 0.1) is 0 Å². The lowest BCUT2D eigenvalue weighted by Gasteiger charge is -2.31. The van der Waals surface area contributed by atoms with Crippen molar-refractivity contribution in [1.29, 1.82) is 0 Å². The van der Waals surface area contributed by atoms with Crippen LogP contribution in [0.25, 0.3) is 0 Å². The Morgan fingerprint density at radius 1 is 1.04 bits per heavy atom. The van der Waals surface area contributed by atoms with Crippen LogP contribution < -0.4 is 10.2 Å². The Hall–Kier alpha value is -2.80. The molecule has 2 aliphatic heterocycles. The first-order valence-electron chi connectivity index (χ1n) is 7.49. The van der Waals surface area contributed by atoms with Crippen LogP contribution in [0.2, 0.25) is 0 Å². The number of hydrogen-bond donors (Lipinski definition) is 1. The van der Waals surface area contributed by atoms with Gasteiger partial charge in [0.05, 0.1) is 17.9 Å². The molecule has 3 amide bonds. The molecule has 24 heavy (non-hydrogen) atoms. The third-order valence-corrected chi connectivity index (χ3v) is 4.92. The van der Waals surface area contributed by atoms with Crippen molar-refractivity contribution in [2.24, 2.45) is 5.10 Å². The fraction of sp³-hybridized carbons (Fsp3) is 0.118. The topological polar surface area (TPSA) is 65.0 Å². The second-order valence-electron chi connectivity index (χ2n) is 5.36. The van der Waals surface area contributed by atoms with Gasteiger partial charge in [0.2, 0.25) is 5.91 Å². The number of fused-ring (bicyclic) bond motifs is 2. The maximum atomic E-state index is 11.5. The SMILES string of the molecule is O=C1CN(/N=C/CN2c3ccccc3Sc3ccccc32)C(=O)N1. The van der Waals surface area contributed by atoms with E-state index < -0.39 is 6.03 Å². The molecule has 1 N–H and O–H groups in total. The highest BCUT2D eigenvalue weighted by Crippen LogP contribution is 2.47. The van der Waals surface area contributed by atoms with Crippen molar-refractivity contribution in [2.75, 3.05) is 18.0 Å². The zero-order chi connectivity index (χ0) is 16.5. The summed E-state index contributed by atoms with van der Waals surface area (Å²) >= 11 is 1.74. The molecule has 0 spiro atoms. The predicted octanol–water partition coefficient (Wildman–Crippen LogP) is 2.83. The van der Waals surface area contributed by atoms with Gasteiger partial charge in [-0.15, -0.1) is 0 Å². The molecule has 0 atom stereocenters. The van der Waals surface area contributed by atoms with Crippen molar-refractivity contribution in [1.82, 2.24) is 10.3 Å². The summed E-state index contributed by atoms with van der Waals surface area (Å²) in [4.78, 5) is 27.2. The van der Waals surface area contributed by atoms with Gasteiger partial charge in [0.15, 0.2) is 0 Å². The second-order valence-corrected chi connectivity index (χ2v) is 6.44. The molecule has 7 heteroatoms. The van der Waals surface area contributed by atoms with Crippen molar-refractivity contribution < 1.29 is 9.59 Å². The van der Waals surface area contributed by atoms with Gasteiger partial charge in [0, 0.05) is 16.0 Å². The Bertz CT molecular complexity index is 806. The summed E-state index contributed by atoms with van der Waals surface area (Å²) in [6.07, 6.45) is 1.65. The number of carbonyl (C=O) groups is 2. The van der Waals surface area contributed by atoms with Crippen molar-refractivity contribution >= 4 is 41.3 Å². The minimum absolute atomic E-state index is 0.0294. The largest absolute Gasteiger partial charge is 0.344 e. The molecule has 6 nitrogen and oxygen atoms in total. The number of imide groups is 1. The highest BCUT2D eigenvalue weighted by Gasteiger charge is 2.26. The Labute approximate surface area is 143 Å². The number of benzene rings is 2. The van der Waals surface area contributed by atoms with E-state index in [1.54, 1.807) is 18.0 Å². The number of nitrogens with one attached hydrogen (secondary N) is 1. The van der Waals surface area contributed by atoms with Crippen LogP contribution in [0.5, 0.6) is 0 Å². The number of rotatable bonds is 3. The van der Waals surface area contributed by atoms with E-state index in [2.05, 4.69) is 39.6 Å². The summed E-state index contributed by atoms with van der Waals surface area (Å²) in [5.41, 5.74) is 2.21. The van der Waals surface area contributed by atoms with E-state index in [0.29, 0.717) is 6.54 Å². The molecular formula is C17H14N4O2S. The van der Waals surface area contributed by atoms with E-state index in [0.717, 1.165) is 16.4 Å². The summed E-state index contributed by atoms with van der Waals surface area (Å²) in [7, 11) is 0. The first kappa shape index (κ1) is 14.8. The number of carbonyl (C=O) groups excluding carboxylic acids is 2. The van der Waals surface area contributed by atoms with Crippen LogP contribution in [-0.2, 0) is 4.79 Å².